The van der Waals surface area contributed by atoms with E-state index in [1.807, 2.05) is 0 Å². The topological polar surface area (TPSA) is 102 Å². The summed E-state index contributed by atoms with van der Waals surface area (Å²) in [6, 6.07) is 0. The summed E-state index contributed by atoms with van der Waals surface area (Å²) in [5.41, 5.74) is 5.20. The summed E-state index contributed by atoms with van der Waals surface area (Å²) in [7, 11) is 0. The quantitative estimate of drug-likeness (QED) is 0.646. The minimum atomic E-state index is -5.08. The number of nitrogens with one attached hydrogen (secondary N) is 1. The van der Waals surface area contributed by atoms with E-state index in [0.717, 1.165) is 6.42 Å². The first kappa shape index (κ1) is 17.9. The molecule has 0 spiro atoms. The van der Waals surface area contributed by atoms with Crippen molar-refractivity contribution in [2.45, 2.75) is 19.5 Å². The molecule has 6 nitrogen and oxygen atoms in total. The molecule has 0 heterocycles. The first-order valence-corrected chi connectivity index (χ1v) is 4.66. The minimum Gasteiger partial charge on any atom is -0.475 e. The molecule has 0 fully saturated rings. The molecule has 0 saturated carbocycles. The molecule has 0 rings (SSSR count). The molecule has 0 unspecified atom stereocenters. The van der Waals surface area contributed by atoms with Crippen LogP contribution >= 0.6 is 0 Å². The Labute approximate surface area is 95.9 Å². The molecule has 9 heteroatoms. The summed E-state index contributed by atoms with van der Waals surface area (Å²) in [5, 5.41) is 9.67. The molecule has 1 amide bonds. The maximum Gasteiger partial charge on any atom is 0.490 e. The first-order valence-electron chi connectivity index (χ1n) is 4.66. The first-order chi connectivity index (χ1) is 7.75. The van der Waals surface area contributed by atoms with Crippen LogP contribution in [0.2, 0.25) is 0 Å². The second-order valence-corrected chi connectivity index (χ2v) is 2.59. The number of ether oxygens (including phenoxy) is 1. The van der Waals surface area contributed by atoms with Crippen molar-refractivity contribution in [3.05, 3.63) is 0 Å². The molecule has 0 aromatic heterocycles. The van der Waals surface area contributed by atoms with E-state index in [2.05, 4.69) is 10.1 Å². The number of nitrogens with two attached hydrogens (primary N) is 1. The molecule has 4 N–H and O–H groups in total. The van der Waals surface area contributed by atoms with Crippen molar-refractivity contribution in [2.24, 2.45) is 5.73 Å². The summed E-state index contributed by atoms with van der Waals surface area (Å²) < 4.78 is 36.3. The standard InChI is InChI=1S/C6H14N2O2.C2HF3O2/c1-2-10-6(9)8-5-3-4-7;3-2(4,5)1(6)7/h2-5,7H2,1H3,(H,8,9);(H,6,7). The monoisotopic (exact) mass is 260 g/mol. The Morgan fingerprint density at radius 2 is 1.88 bits per heavy atom. The lowest BCUT2D eigenvalue weighted by Crippen LogP contribution is -2.26. The van der Waals surface area contributed by atoms with Crippen LogP contribution in [0.3, 0.4) is 0 Å². The van der Waals surface area contributed by atoms with Crippen molar-refractivity contribution in [2.75, 3.05) is 19.7 Å². The SMILES string of the molecule is CCOC(=O)NCCCN.O=C(O)C(F)(F)F. The fraction of sp³-hybridized carbons (Fsp3) is 0.750. The molecule has 0 radical (unpaired) electrons. The van der Waals surface area contributed by atoms with E-state index in [-0.39, 0.29) is 6.09 Å². The molecule has 0 bridgehead atoms. The number of alkyl halides is 3. The zero-order valence-corrected chi connectivity index (χ0v) is 9.21. The highest BCUT2D eigenvalue weighted by Gasteiger charge is 2.38. The lowest BCUT2D eigenvalue weighted by atomic mass is 10.4. The molecular weight excluding hydrogens is 245 g/mol. The van der Waals surface area contributed by atoms with Crippen LogP contribution in [0.5, 0.6) is 0 Å². The molecular formula is C8H15F3N2O4. The highest BCUT2D eigenvalue weighted by molar-refractivity contribution is 5.73. The van der Waals surface area contributed by atoms with Crippen LogP contribution in [-0.2, 0) is 9.53 Å². The van der Waals surface area contributed by atoms with E-state index in [4.69, 9.17) is 15.6 Å². The summed E-state index contributed by atoms with van der Waals surface area (Å²) >= 11 is 0. The number of rotatable bonds is 4. The van der Waals surface area contributed by atoms with E-state index in [9.17, 15) is 18.0 Å². The van der Waals surface area contributed by atoms with Gasteiger partial charge in [-0.25, -0.2) is 9.59 Å². The molecule has 0 aliphatic heterocycles. The maximum absolute atomic E-state index is 10.6. The third-order valence-electron chi connectivity index (χ3n) is 1.17. The number of carboxylic acids is 1. The van der Waals surface area contributed by atoms with E-state index in [1.165, 1.54) is 0 Å². The van der Waals surface area contributed by atoms with Crippen molar-refractivity contribution >= 4 is 12.1 Å². The van der Waals surface area contributed by atoms with E-state index in [0.29, 0.717) is 19.7 Å². The molecule has 0 aromatic rings. The van der Waals surface area contributed by atoms with Gasteiger partial charge in [0.2, 0.25) is 0 Å². The Kier molecular flexibility index (Phi) is 10.2. The number of alkyl carbamates (subject to hydrolysis) is 1. The Balaban J connectivity index is 0. The van der Waals surface area contributed by atoms with Crippen LogP contribution in [0, 0.1) is 0 Å². The number of carbonyl (C=O) groups is 2. The van der Waals surface area contributed by atoms with Gasteiger partial charge in [-0.3, -0.25) is 0 Å². The normalized spacial score (nSPS) is 9.94. The maximum atomic E-state index is 10.6. The molecule has 0 aliphatic carbocycles. The number of halogens is 3. The molecule has 0 atom stereocenters. The fourth-order valence-corrected chi connectivity index (χ4v) is 0.475. The number of carbonyl (C=O) groups excluding carboxylic acids is 1. The van der Waals surface area contributed by atoms with Crippen molar-refractivity contribution in [1.82, 2.24) is 5.32 Å². The third kappa shape index (κ3) is 14.5. The van der Waals surface area contributed by atoms with E-state index in [1.54, 1.807) is 6.92 Å². The molecule has 0 aromatic carbocycles. The summed E-state index contributed by atoms with van der Waals surface area (Å²) in [4.78, 5) is 19.4. The van der Waals surface area contributed by atoms with Gasteiger partial charge >= 0.3 is 18.2 Å². The predicted molar refractivity (Wildman–Crippen MR) is 52.4 cm³/mol. The van der Waals surface area contributed by atoms with Crippen molar-refractivity contribution < 1.29 is 32.6 Å². The van der Waals surface area contributed by atoms with Crippen LogP contribution in [0.15, 0.2) is 0 Å². The van der Waals surface area contributed by atoms with Crippen molar-refractivity contribution in [3.8, 4) is 0 Å². The highest BCUT2D eigenvalue weighted by Crippen LogP contribution is 2.13. The van der Waals surface area contributed by atoms with Gasteiger partial charge in [0.1, 0.15) is 0 Å². The summed E-state index contributed by atoms with van der Waals surface area (Å²) in [6.07, 6.45) is -4.66. The van der Waals surface area contributed by atoms with Crippen LogP contribution in [0.4, 0.5) is 18.0 Å². The molecule has 0 saturated heterocycles. The largest absolute Gasteiger partial charge is 0.490 e. The van der Waals surface area contributed by atoms with Gasteiger partial charge in [0.15, 0.2) is 0 Å². The van der Waals surface area contributed by atoms with Gasteiger partial charge in [-0.2, -0.15) is 13.2 Å². The van der Waals surface area contributed by atoms with Crippen LogP contribution in [0.25, 0.3) is 0 Å². The lowest BCUT2D eigenvalue weighted by Gasteiger charge is -2.02. The fourth-order valence-electron chi connectivity index (χ4n) is 0.475. The molecule has 17 heavy (non-hydrogen) atoms. The van der Waals surface area contributed by atoms with Gasteiger partial charge < -0.3 is 20.9 Å². The minimum absolute atomic E-state index is 0.365. The zero-order chi connectivity index (χ0) is 13.9. The number of aliphatic carboxylic acids is 1. The average molecular weight is 260 g/mol. The summed E-state index contributed by atoms with van der Waals surface area (Å²) in [5.74, 6) is -2.76. The Morgan fingerprint density at radius 1 is 1.41 bits per heavy atom. The van der Waals surface area contributed by atoms with E-state index < -0.39 is 12.1 Å². The zero-order valence-electron chi connectivity index (χ0n) is 9.21. The van der Waals surface area contributed by atoms with Gasteiger partial charge in [0.05, 0.1) is 6.61 Å². The van der Waals surface area contributed by atoms with Crippen LogP contribution in [0.1, 0.15) is 13.3 Å². The molecule has 0 aliphatic rings. The van der Waals surface area contributed by atoms with Crippen LogP contribution in [-0.4, -0.2) is 43.0 Å². The Morgan fingerprint density at radius 3 is 2.18 bits per heavy atom. The van der Waals surface area contributed by atoms with Crippen molar-refractivity contribution in [3.63, 3.8) is 0 Å². The Hall–Kier alpha value is -1.51. The number of hydrogen-bond donors (Lipinski definition) is 3. The third-order valence-corrected chi connectivity index (χ3v) is 1.17. The Bertz CT molecular complexity index is 233. The second-order valence-electron chi connectivity index (χ2n) is 2.59. The van der Waals surface area contributed by atoms with E-state index >= 15 is 0 Å². The van der Waals surface area contributed by atoms with Gasteiger partial charge in [-0.05, 0) is 19.9 Å². The lowest BCUT2D eigenvalue weighted by molar-refractivity contribution is -0.192. The van der Waals surface area contributed by atoms with Crippen LogP contribution < -0.4 is 11.1 Å². The average Bonchev–Trinajstić information content (AvgIpc) is 2.18. The number of hydrogen-bond acceptors (Lipinski definition) is 4. The van der Waals surface area contributed by atoms with Crippen molar-refractivity contribution in [1.29, 1.82) is 0 Å². The summed E-state index contributed by atoms with van der Waals surface area (Å²) in [6.45, 7) is 3.36. The predicted octanol–water partition coefficient (Wildman–Crippen LogP) is 0.715. The molecule has 102 valence electrons. The second kappa shape index (κ2) is 9.70. The number of amides is 1. The van der Waals surface area contributed by atoms with Gasteiger partial charge in [-0.1, -0.05) is 0 Å². The highest BCUT2D eigenvalue weighted by atomic mass is 19.4. The van der Waals surface area contributed by atoms with Gasteiger partial charge in [0, 0.05) is 6.54 Å². The van der Waals surface area contributed by atoms with Gasteiger partial charge in [0.25, 0.3) is 0 Å². The number of carboxylic acid groups (broad SMARTS) is 1. The smallest absolute Gasteiger partial charge is 0.475 e. The van der Waals surface area contributed by atoms with Gasteiger partial charge in [-0.15, -0.1) is 0 Å².